The highest BCUT2D eigenvalue weighted by molar-refractivity contribution is 5.60. The predicted molar refractivity (Wildman–Crippen MR) is 93.5 cm³/mol. The van der Waals surface area contributed by atoms with Crippen molar-refractivity contribution in [2.24, 2.45) is 0 Å². The quantitative estimate of drug-likeness (QED) is 0.797. The molecule has 4 rings (SSSR count). The summed E-state index contributed by atoms with van der Waals surface area (Å²) in [7, 11) is 0. The van der Waals surface area contributed by atoms with Crippen LogP contribution in [0.2, 0.25) is 0 Å². The van der Waals surface area contributed by atoms with E-state index in [0.29, 0.717) is 6.54 Å². The van der Waals surface area contributed by atoms with Gasteiger partial charge in [0.2, 0.25) is 0 Å². The van der Waals surface area contributed by atoms with E-state index in [1.54, 1.807) is 0 Å². The van der Waals surface area contributed by atoms with Crippen LogP contribution < -0.4 is 0 Å². The van der Waals surface area contributed by atoms with Crippen molar-refractivity contribution < 1.29 is 0 Å². The van der Waals surface area contributed by atoms with E-state index in [9.17, 15) is 5.26 Å². The molecular formula is C20H16N4. The van der Waals surface area contributed by atoms with Crippen LogP contribution in [0.3, 0.4) is 0 Å². The zero-order chi connectivity index (χ0) is 16.4. The van der Waals surface area contributed by atoms with Crippen molar-refractivity contribution in [3.63, 3.8) is 0 Å². The second-order valence-electron chi connectivity index (χ2n) is 5.80. The predicted octanol–water partition coefficient (Wildman–Crippen LogP) is 3.93. The van der Waals surface area contributed by atoms with Crippen molar-refractivity contribution in [2.45, 2.75) is 13.1 Å². The van der Waals surface area contributed by atoms with E-state index in [-0.39, 0.29) is 0 Å². The van der Waals surface area contributed by atoms with Crippen LogP contribution in [-0.2, 0) is 13.1 Å². The fourth-order valence-electron chi connectivity index (χ4n) is 2.94. The molecule has 0 spiro atoms. The molecule has 4 nitrogen and oxygen atoms in total. The Morgan fingerprint density at radius 1 is 1.08 bits per heavy atom. The van der Waals surface area contributed by atoms with Gasteiger partial charge in [-0.2, -0.15) is 5.26 Å². The molecule has 1 N–H and O–H groups in total. The second kappa shape index (κ2) is 6.05. The van der Waals surface area contributed by atoms with Crippen molar-refractivity contribution >= 4 is 6.08 Å². The topological polar surface area (TPSA) is 55.7 Å². The maximum atomic E-state index is 9.23. The molecule has 1 aliphatic heterocycles. The van der Waals surface area contributed by atoms with Crippen LogP contribution in [0.15, 0.2) is 60.8 Å². The van der Waals surface area contributed by atoms with Gasteiger partial charge in [0.15, 0.2) is 0 Å². The number of aromatic amines is 1. The number of aromatic nitrogens is 2. The maximum Gasteiger partial charge on any atom is 0.138 e. The molecule has 0 saturated heterocycles. The number of hydrogen-bond acceptors (Lipinski definition) is 3. The van der Waals surface area contributed by atoms with Gasteiger partial charge in [0.1, 0.15) is 5.82 Å². The summed E-state index contributed by atoms with van der Waals surface area (Å²) < 4.78 is 0. The summed E-state index contributed by atoms with van der Waals surface area (Å²) >= 11 is 0. The molecule has 0 saturated carbocycles. The summed E-state index contributed by atoms with van der Waals surface area (Å²) in [5.74, 6) is 0.893. The Kier molecular flexibility index (Phi) is 3.60. The molecule has 4 heteroatoms. The van der Waals surface area contributed by atoms with Gasteiger partial charge in [-0.3, -0.25) is 0 Å². The van der Waals surface area contributed by atoms with E-state index < -0.39 is 0 Å². The van der Waals surface area contributed by atoms with Gasteiger partial charge >= 0.3 is 0 Å². The lowest BCUT2D eigenvalue weighted by Crippen LogP contribution is -2.20. The van der Waals surface area contributed by atoms with Crippen LogP contribution in [0, 0.1) is 11.3 Å². The standard InChI is InChI=1S/C20H16N4/c21-12-16-8-4-5-9-17(16)13-24-11-10-18-19(14-24)23-20(22-18)15-6-2-1-3-7-15/h1-11H,13-14H2,(H,22,23). The van der Waals surface area contributed by atoms with Crippen LogP contribution in [0.4, 0.5) is 0 Å². The molecule has 0 radical (unpaired) electrons. The Hall–Kier alpha value is -3.32. The number of nitriles is 1. The van der Waals surface area contributed by atoms with Crippen LogP contribution in [0.1, 0.15) is 22.5 Å². The number of benzene rings is 2. The summed E-state index contributed by atoms with van der Waals surface area (Å²) in [5, 5.41) is 9.23. The average molecular weight is 312 g/mol. The van der Waals surface area contributed by atoms with E-state index in [2.05, 4.69) is 33.1 Å². The molecule has 0 amide bonds. The Balaban J connectivity index is 1.56. The van der Waals surface area contributed by atoms with E-state index in [1.165, 1.54) is 0 Å². The molecule has 1 aromatic heterocycles. The Morgan fingerprint density at radius 2 is 1.88 bits per heavy atom. The van der Waals surface area contributed by atoms with Gasteiger partial charge < -0.3 is 9.88 Å². The van der Waals surface area contributed by atoms with Crippen molar-refractivity contribution in [2.75, 3.05) is 0 Å². The van der Waals surface area contributed by atoms with Crippen LogP contribution >= 0.6 is 0 Å². The number of hydrogen-bond donors (Lipinski definition) is 1. The summed E-state index contributed by atoms with van der Waals surface area (Å²) in [6.07, 6.45) is 4.07. The molecule has 116 valence electrons. The molecule has 0 bridgehead atoms. The lowest BCUT2D eigenvalue weighted by atomic mass is 10.1. The van der Waals surface area contributed by atoms with Crippen molar-refractivity contribution in [1.82, 2.24) is 14.9 Å². The van der Waals surface area contributed by atoms with Gasteiger partial charge in [-0.15, -0.1) is 0 Å². The minimum Gasteiger partial charge on any atom is -0.367 e. The summed E-state index contributed by atoms with van der Waals surface area (Å²) in [5.41, 5.74) is 4.94. The number of H-pyrrole nitrogens is 1. The lowest BCUT2D eigenvalue weighted by Gasteiger charge is -2.23. The van der Waals surface area contributed by atoms with Crippen molar-refractivity contribution in [1.29, 1.82) is 5.26 Å². The molecule has 1 aliphatic rings. The molecule has 0 unspecified atom stereocenters. The van der Waals surface area contributed by atoms with E-state index in [4.69, 9.17) is 0 Å². The first kappa shape index (κ1) is 14.3. The number of rotatable bonds is 3. The van der Waals surface area contributed by atoms with Crippen molar-refractivity contribution in [3.8, 4) is 17.5 Å². The number of nitrogens with one attached hydrogen (secondary N) is 1. The zero-order valence-corrected chi connectivity index (χ0v) is 13.1. The molecule has 0 atom stereocenters. The second-order valence-corrected chi connectivity index (χ2v) is 5.80. The minimum atomic E-state index is 0.708. The fraction of sp³-hybridized carbons (Fsp3) is 0.100. The zero-order valence-electron chi connectivity index (χ0n) is 13.1. The monoisotopic (exact) mass is 312 g/mol. The summed E-state index contributed by atoms with van der Waals surface area (Å²) in [4.78, 5) is 10.3. The van der Waals surface area contributed by atoms with E-state index in [0.717, 1.165) is 40.4 Å². The third-order valence-electron chi connectivity index (χ3n) is 4.17. The van der Waals surface area contributed by atoms with Gasteiger partial charge in [-0.1, -0.05) is 48.5 Å². The highest BCUT2D eigenvalue weighted by Gasteiger charge is 2.16. The van der Waals surface area contributed by atoms with E-state index in [1.807, 2.05) is 54.7 Å². The Labute approximate surface area is 140 Å². The molecule has 0 fully saturated rings. The minimum absolute atomic E-state index is 0.708. The SMILES string of the molecule is N#Cc1ccccc1CN1C=Cc2nc(-c3ccccc3)[nH]c2C1. The first-order valence-corrected chi connectivity index (χ1v) is 7.88. The third-order valence-corrected chi connectivity index (χ3v) is 4.17. The normalized spacial score (nSPS) is 12.7. The fourth-order valence-corrected chi connectivity index (χ4v) is 2.94. The molecule has 24 heavy (non-hydrogen) atoms. The molecule has 0 aliphatic carbocycles. The largest absolute Gasteiger partial charge is 0.367 e. The maximum absolute atomic E-state index is 9.23. The smallest absolute Gasteiger partial charge is 0.138 e. The van der Waals surface area contributed by atoms with Gasteiger partial charge in [-0.25, -0.2) is 4.98 Å². The van der Waals surface area contributed by atoms with Gasteiger partial charge in [0.25, 0.3) is 0 Å². The number of nitrogens with zero attached hydrogens (tertiary/aromatic N) is 3. The van der Waals surface area contributed by atoms with Crippen LogP contribution in [0.25, 0.3) is 17.5 Å². The molecule has 3 aromatic rings. The van der Waals surface area contributed by atoms with Crippen LogP contribution in [0.5, 0.6) is 0 Å². The van der Waals surface area contributed by atoms with Gasteiger partial charge in [0, 0.05) is 18.3 Å². The third kappa shape index (κ3) is 2.68. The summed E-state index contributed by atoms with van der Waals surface area (Å²) in [6, 6.07) is 20.1. The van der Waals surface area contributed by atoms with Gasteiger partial charge in [-0.05, 0) is 17.7 Å². The average Bonchev–Trinajstić information content (AvgIpc) is 3.06. The first-order chi connectivity index (χ1) is 11.8. The first-order valence-electron chi connectivity index (χ1n) is 7.88. The Morgan fingerprint density at radius 3 is 2.71 bits per heavy atom. The molecular weight excluding hydrogens is 296 g/mol. The van der Waals surface area contributed by atoms with E-state index >= 15 is 0 Å². The Bertz CT molecular complexity index is 932. The highest BCUT2D eigenvalue weighted by atomic mass is 15.1. The lowest BCUT2D eigenvalue weighted by molar-refractivity contribution is 0.355. The number of imidazole rings is 1. The van der Waals surface area contributed by atoms with Gasteiger partial charge in [0.05, 0.1) is 29.6 Å². The van der Waals surface area contributed by atoms with Crippen molar-refractivity contribution in [3.05, 3.63) is 83.3 Å². The highest BCUT2D eigenvalue weighted by Crippen LogP contribution is 2.24. The summed E-state index contributed by atoms with van der Waals surface area (Å²) in [6.45, 7) is 1.46. The number of fused-ring (bicyclic) bond motifs is 1. The molecule has 2 heterocycles. The molecule has 2 aromatic carbocycles. The van der Waals surface area contributed by atoms with Crippen LogP contribution in [-0.4, -0.2) is 14.9 Å².